The first kappa shape index (κ1) is 14.8. The number of fused-ring (bicyclic) bond motifs is 1. The summed E-state index contributed by atoms with van der Waals surface area (Å²) in [6, 6.07) is 5.96. The van der Waals surface area contributed by atoms with Crippen LogP contribution in [0.2, 0.25) is 0 Å². The maximum Gasteiger partial charge on any atom is 0.263 e. The number of ether oxygens (including phenoxy) is 1. The van der Waals surface area contributed by atoms with E-state index in [0.717, 1.165) is 35.1 Å². The van der Waals surface area contributed by atoms with E-state index < -0.39 is 0 Å². The molecule has 0 spiro atoms. The Morgan fingerprint density at radius 1 is 1.40 bits per heavy atom. The van der Waals surface area contributed by atoms with Crippen molar-refractivity contribution in [3.63, 3.8) is 0 Å². The second-order valence-electron chi connectivity index (χ2n) is 4.75. The minimum Gasteiger partial charge on any atom is -0.397 e. The van der Waals surface area contributed by atoms with Crippen molar-refractivity contribution in [2.24, 2.45) is 0 Å². The molecular formula is C15H20N2O2S. The summed E-state index contributed by atoms with van der Waals surface area (Å²) in [6.45, 7) is 3.40. The van der Waals surface area contributed by atoms with E-state index in [4.69, 9.17) is 10.5 Å². The summed E-state index contributed by atoms with van der Waals surface area (Å²) in [7, 11) is 1.68. The Labute approximate surface area is 122 Å². The second-order valence-corrected chi connectivity index (χ2v) is 5.77. The highest BCUT2D eigenvalue weighted by molar-refractivity contribution is 7.21. The van der Waals surface area contributed by atoms with Crippen molar-refractivity contribution in [1.29, 1.82) is 0 Å². The molecule has 4 nitrogen and oxygen atoms in total. The molecule has 2 aromatic rings. The highest BCUT2D eigenvalue weighted by atomic mass is 32.1. The third kappa shape index (κ3) is 3.11. The lowest BCUT2D eigenvalue weighted by Crippen LogP contribution is -2.24. The van der Waals surface area contributed by atoms with Crippen LogP contribution in [0.1, 0.15) is 28.1 Å². The molecule has 20 heavy (non-hydrogen) atoms. The Balaban J connectivity index is 2.07. The first-order valence-electron chi connectivity index (χ1n) is 6.70. The number of amides is 1. The van der Waals surface area contributed by atoms with E-state index in [2.05, 4.69) is 5.32 Å². The topological polar surface area (TPSA) is 64.3 Å². The zero-order chi connectivity index (χ0) is 14.5. The molecule has 1 heterocycles. The van der Waals surface area contributed by atoms with Gasteiger partial charge in [0.05, 0.1) is 5.69 Å². The lowest BCUT2D eigenvalue weighted by atomic mass is 10.1. The van der Waals surface area contributed by atoms with Crippen LogP contribution >= 0.6 is 11.3 Å². The summed E-state index contributed by atoms with van der Waals surface area (Å²) in [6.07, 6.45) is 1.85. The number of thiophene rings is 1. The number of unbranched alkanes of at least 4 members (excludes halogenated alkanes) is 1. The van der Waals surface area contributed by atoms with Gasteiger partial charge in [-0.25, -0.2) is 0 Å². The van der Waals surface area contributed by atoms with Crippen molar-refractivity contribution < 1.29 is 9.53 Å². The van der Waals surface area contributed by atoms with Gasteiger partial charge in [-0.15, -0.1) is 11.3 Å². The van der Waals surface area contributed by atoms with Crippen molar-refractivity contribution in [2.75, 3.05) is 26.0 Å². The highest BCUT2D eigenvalue weighted by Crippen LogP contribution is 2.35. The molecule has 0 atom stereocenters. The van der Waals surface area contributed by atoms with Crippen LogP contribution in [-0.4, -0.2) is 26.2 Å². The zero-order valence-corrected chi connectivity index (χ0v) is 12.7. The monoisotopic (exact) mass is 292 g/mol. The Bertz CT molecular complexity index is 607. The number of hydrogen-bond acceptors (Lipinski definition) is 4. The van der Waals surface area contributed by atoms with Gasteiger partial charge >= 0.3 is 0 Å². The molecule has 0 aliphatic carbocycles. The normalized spacial score (nSPS) is 10.9. The summed E-state index contributed by atoms with van der Waals surface area (Å²) < 4.78 is 6.07. The molecule has 0 saturated heterocycles. The molecule has 2 rings (SSSR count). The molecule has 1 aromatic heterocycles. The first-order valence-corrected chi connectivity index (χ1v) is 7.51. The number of rotatable bonds is 6. The van der Waals surface area contributed by atoms with E-state index in [1.165, 1.54) is 11.3 Å². The van der Waals surface area contributed by atoms with Crippen LogP contribution in [-0.2, 0) is 4.74 Å². The molecule has 108 valence electrons. The maximum absolute atomic E-state index is 12.2. The van der Waals surface area contributed by atoms with Gasteiger partial charge in [0.2, 0.25) is 0 Å². The number of nitrogens with two attached hydrogens (primary N) is 1. The van der Waals surface area contributed by atoms with E-state index in [9.17, 15) is 4.79 Å². The Hall–Kier alpha value is -1.59. The van der Waals surface area contributed by atoms with Crippen LogP contribution in [0.15, 0.2) is 18.2 Å². The van der Waals surface area contributed by atoms with E-state index in [0.29, 0.717) is 17.1 Å². The maximum atomic E-state index is 12.2. The number of anilines is 1. The smallest absolute Gasteiger partial charge is 0.263 e. The van der Waals surface area contributed by atoms with Crippen molar-refractivity contribution in [3.05, 3.63) is 28.6 Å². The van der Waals surface area contributed by atoms with Crippen LogP contribution in [0.5, 0.6) is 0 Å². The van der Waals surface area contributed by atoms with E-state index in [1.807, 2.05) is 25.1 Å². The number of aryl methyl sites for hydroxylation is 1. The lowest BCUT2D eigenvalue weighted by Gasteiger charge is -2.04. The number of benzene rings is 1. The van der Waals surface area contributed by atoms with E-state index >= 15 is 0 Å². The minimum atomic E-state index is -0.0829. The molecule has 0 radical (unpaired) electrons. The molecule has 0 unspecified atom stereocenters. The molecule has 5 heteroatoms. The highest BCUT2D eigenvalue weighted by Gasteiger charge is 2.16. The molecule has 0 aliphatic rings. The van der Waals surface area contributed by atoms with Crippen molar-refractivity contribution >= 4 is 33.0 Å². The third-order valence-electron chi connectivity index (χ3n) is 3.22. The molecular weight excluding hydrogens is 272 g/mol. The van der Waals surface area contributed by atoms with Gasteiger partial charge in [0.15, 0.2) is 0 Å². The van der Waals surface area contributed by atoms with Gasteiger partial charge in [-0.3, -0.25) is 4.79 Å². The number of carbonyl (C=O) groups excluding carboxylic acids is 1. The fourth-order valence-corrected chi connectivity index (χ4v) is 3.21. The third-order valence-corrected chi connectivity index (χ3v) is 4.57. The van der Waals surface area contributed by atoms with E-state index in [-0.39, 0.29) is 5.91 Å². The van der Waals surface area contributed by atoms with Crippen molar-refractivity contribution in [3.8, 4) is 0 Å². The number of hydrogen-bond donors (Lipinski definition) is 2. The van der Waals surface area contributed by atoms with Crippen LogP contribution in [0.25, 0.3) is 10.1 Å². The molecule has 1 aromatic carbocycles. The minimum absolute atomic E-state index is 0.0829. The van der Waals surface area contributed by atoms with E-state index in [1.54, 1.807) is 7.11 Å². The average Bonchev–Trinajstić information content (AvgIpc) is 2.78. The standard InChI is InChI=1S/C15H20N2O2S/c1-10-6-5-7-11-12(16)14(20-13(10)11)15(18)17-8-3-4-9-19-2/h5-7H,3-4,8-9,16H2,1-2H3,(H,17,18). The van der Waals surface area contributed by atoms with Crippen molar-refractivity contribution in [1.82, 2.24) is 5.32 Å². The SMILES string of the molecule is COCCCCNC(=O)c1sc2c(C)cccc2c1N. The van der Waals surface area contributed by atoms with Crippen LogP contribution < -0.4 is 11.1 Å². The van der Waals surface area contributed by atoms with Gasteiger partial charge in [-0.1, -0.05) is 18.2 Å². The Morgan fingerprint density at radius 3 is 2.90 bits per heavy atom. The lowest BCUT2D eigenvalue weighted by molar-refractivity contribution is 0.0956. The number of nitrogens with one attached hydrogen (secondary N) is 1. The number of nitrogen functional groups attached to an aromatic ring is 1. The Morgan fingerprint density at radius 2 is 2.20 bits per heavy atom. The summed E-state index contributed by atoms with van der Waals surface area (Å²) in [5.74, 6) is -0.0829. The van der Waals surface area contributed by atoms with Crippen molar-refractivity contribution in [2.45, 2.75) is 19.8 Å². The van der Waals surface area contributed by atoms with Gasteiger partial charge in [0, 0.05) is 30.3 Å². The zero-order valence-electron chi connectivity index (χ0n) is 11.9. The summed E-state index contributed by atoms with van der Waals surface area (Å²) in [5.41, 5.74) is 7.83. The predicted octanol–water partition coefficient (Wildman–Crippen LogP) is 2.95. The van der Waals surface area contributed by atoms with Gasteiger partial charge in [-0.05, 0) is 25.3 Å². The molecule has 3 N–H and O–H groups in total. The predicted molar refractivity (Wildman–Crippen MR) is 84.4 cm³/mol. The van der Waals surface area contributed by atoms with Gasteiger partial charge < -0.3 is 15.8 Å². The van der Waals surface area contributed by atoms with Crippen LogP contribution in [0.3, 0.4) is 0 Å². The van der Waals surface area contributed by atoms with Gasteiger partial charge in [-0.2, -0.15) is 0 Å². The number of methoxy groups -OCH3 is 1. The number of carbonyl (C=O) groups is 1. The van der Waals surface area contributed by atoms with Crippen LogP contribution in [0.4, 0.5) is 5.69 Å². The van der Waals surface area contributed by atoms with Crippen LogP contribution in [0, 0.1) is 6.92 Å². The average molecular weight is 292 g/mol. The molecule has 0 bridgehead atoms. The largest absolute Gasteiger partial charge is 0.397 e. The second kappa shape index (κ2) is 6.72. The molecule has 1 amide bonds. The fourth-order valence-electron chi connectivity index (χ4n) is 2.10. The van der Waals surface area contributed by atoms with Gasteiger partial charge in [0.25, 0.3) is 5.91 Å². The quantitative estimate of drug-likeness (QED) is 0.805. The Kier molecular flexibility index (Phi) is 4.98. The first-order chi connectivity index (χ1) is 9.65. The molecule has 0 saturated carbocycles. The molecule has 0 aliphatic heterocycles. The summed E-state index contributed by atoms with van der Waals surface area (Å²) in [5, 5.41) is 3.89. The summed E-state index contributed by atoms with van der Waals surface area (Å²) in [4.78, 5) is 12.8. The van der Waals surface area contributed by atoms with Gasteiger partial charge in [0.1, 0.15) is 4.88 Å². The molecule has 0 fully saturated rings. The fraction of sp³-hybridized carbons (Fsp3) is 0.400. The summed E-state index contributed by atoms with van der Waals surface area (Å²) >= 11 is 1.47.